The molecule has 1 saturated carbocycles. The predicted octanol–water partition coefficient (Wildman–Crippen LogP) is 2.31. The van der Waals surface area contributed by atoms with Crippen LogP contribution >= 0.6 is 0 Å². The second-order valence-electron chi connectivity index (χ2n) is 9.72. The predicted molar refractivity (Wildman–Crippen MR) is 122 cm³/mol. The Balaban J connectivity index is 1.12. The zero-order valence-corrected chi connectivity index (χ0v) is 19.2. The molecule has 0 radical (unpaired) electrons. The number of hydrogen-bond acceptors (Lipinski definition) is 7. The molecular weight excluding hydrogens is 416 g/mol. The number of nitrogens with zero attached hydrogens (tertiary/aromatic N) is 7. The molecule has 3 aromatic rings. The van der Waals surface area contributed by atoms with Gasteiger partial charge in [-0.1, -0.05) is 5.21 Å². The third kappa shape index (κ3) is 3.75. The SMILES string of the molecule is Cc1cc2c(c(C)n1)CC[C@H]2NC(=O)c1cn(Cc2cnc(N3CC4CC4C3)nc2C)nn1. The smallest absolute Gasteiger partial charge is 0.273 e. The Morgan fingerprint density at radius 3 is 2.76 bits per heavy atom. The highest BCUT2D eigenvalue weighted by Crippen LogP contribution is 2.45. The highest BCUT2D eigenvalue weighted by molar-refractivity contribution is 5.92. The number of anilines is 1. The summed E-state index contributed by atoms with van der Waals surface area (Å²) in [6, 6.07) is 2.06. The van der Waals surface area contributed by atoms with Crippen LogP contribution in [0, 0.1) is 32.6 Å². The summed E-state index contributed by atoms with van der Waals surface area (Å²) in [6.45, 7) is 8.65. The summed E-state index contributed by atoms with van der Waals surface area (Å²) in [5, 5.41) is 11.4. The quantitative estimate of drug-likeness (QED) is 0.644. The third-order valence-electron chi connectivity index (χ3n) is 7.29. The van der Waals surface area contributed by atoms with Crippen LogP contribution < -0.4 is 10.2 Å². The number of carbonyl (C=O) groups excluding carboxylic acids is 1. The maximum absolute atomic E-state index is 12.9. The van der Waals surface area contributed by atoms with E-state index in [1.165, 1.54) is 17.5 Å². The zero-order valence-electron chi connectivity index (χ0n) is 19.2. The van der Waals surface area contributed by atoms with Crippen molar-refractivity contribution in [1.82, 2.24) is 35.3 Å². The first kappa shape index (κ1) is 20.3. The van der Waals surface area contributed by atoms with Crippen molar-refractivity contribution >= 4 is 11.9 Å². The van der Waals surface area contributed by atoms with Gasteiger partial charge in [0.25, 0.3) is 5.91 Å². The molecule has 170 valence electrons. The van der Waals surface area contributed by atoms with Gasteiger partial charge >= 0.3 is 0 Å². The summed E-state index contributed by atoms with van der Waals surface area (Å²) in [7, 11) is 0. The minimum Gasteiger partial charge on any atom is -0.344 e. The van der Waals surface area contributed by atoms with E-state index in [4.69, 9.17) is 4.98 Å². The standard InChI is InChI=1S/C24H28N8O/c1-13-6-20-19(15(3)26-13)4-5-21(20)28-23(33)22-12-32(30-29-22)11-18-8-25-24(27-14(18)2)31-9-16-7-17(16)10-31/h6,8,12,16-17,21H,4-5,7,9-11H2,1-3H3,(H,28,33)/t16?,17?,21-/m1/s1. The first-order valence-corrected chi connectivity index (χ1v) is 11.7. The highest BCUT2D eigenvalue weighted by atomic mass is 16.2. The molecule has 9 nitrogen and oxygen atoms in total. The van der Waals surface area contributed by atoms with E-state index in [9.17, 15) is 4.79 Å². The van der Waals surface area contributed by atoms with Gasteiger partial charge in [0.15, 0.2) is 5.69 Å². The lowest BCUT2D eigenvalue weighted by Crippen LogP contribution is -2.27. The first-order valence-electron chi connectivity index (χ1n) is 11.7. The number of aromatic nitrogens is 6. The number of hydrogen-bond donors (Lipinski definition) is 1. The fourth-order valence-electron chi connectivity index (χ4n) is 5.35. The van der Waals surface area contributed by atoms with E-state index in [1.807, 2.05) is 27.0 Å². The van der Waals surface area contributed by atoms with Crippen LogP contribution in [-0.2, 0) is 13.0 Å². The minimum absolute atomic E-state index is 0.0159. The minimum atomic E-state index is -0.206. The Morgan fingerprint density at radius 1 is 1.15 bits per heavy atom. The summed E-state index contributed by atoms with van der Waals surface area (Å²) in [5.41, 5.74) is 6.68. The van der Waals surface area contributed by atoms with Crippen LogP contribution in [-0.4, -0.2) is 48.9 Å². The molecule has 4 heterocycles. The number of pyridine rings is 1. The van der Waals surface area contributed by atoms with Gasteiger partial charge in [0.1, 0.15) is 0 Å². The van der Waals surface area contributed by atoms with Gasteiger partial charge < -0.3 is 10.2 Å². The molecule has 0 bridgehead atoms. The van der Waals surface area contributed by atoms with E-state index in [0.717, 1.165) is 66.4 Å². The summed E-state index contributed by atoms with van der Waals surface area (Å²) >= 11 is 0. The number of piperidine rings is 1. The molecule has 1 saturated heterocycles. The molecule has 1 N–H and O–H groups in total. The maximum Gasteiger partial charge on any atom is 0.273 e. The Kier molecular flexibility index (Phi) is 4.67. The van der Waals surface area contributed by atoms with Gasteiger partial charge in [-0.05, 0) is 69.1 Å². The number of rotatable bonds is 5. The summed E-state index contributed by atoms with van der Waals surface area (Å²) in [6.07, 6.45) is 6.73. The van der Waals surface area contributed by atoms with E-state index in [2.05, 4.69) is 36.6 Å². The normalized spacial score (nSPS) is 22.9. The van der Waals surface area contributed by atoms with Crippen LogP contribution in [0.1, 0.15) is 63.1 Å². The molecule has 0 aromatic carbocycles. The van der Waals surface area contributed by atoms with Crippen molar-refractivity contribution in [3.05, 3.63) is 57.9 Å². The first-order chi connectivity index (χ1) is 15.9. The molecule has 3 atom stereocenters. The number of nitrogens with one attached hydrogen (secondary N) is 1. The van der Waals surface area contributed by atoms with Crippen LogP contribution in [0.15, 0.2) is 18.5 Å². The Morgan fingerprint density at radius 2 is 1.97 bits per heavy atom. The molecular formula is C24H28N8O. The molecule has 3 aromatic heterocycles. The van der Waals surface area contributed by atoms with E-state index in [0.29, 0.717) is 12.2 Å². The lowest BCUT2D eigenvalue weighted by molar-refractivity contribution is 0.0931. The van der Waals surface area contributed by atoms with Crippen LogP contribution in [0.5, 0.6) is 0 Å². The second-order valence-corrected chi connectivity index (χ2v) is 9.72. The molecule has 0 spiro atoms. The largest absolute Gasteiger partial charge is 0.344 e. The topological polar surface area (TPSA) is 102 Å². The molecule has 1 aliphatic heterocycles. The van der Waals surface area contributed by atoms with Gasteiger partial charge in [0.05, 0.1) is 18.8 Å². The fourth-order valence-corrected chi connectivity index (χ4v) is 5.35. The number of aryl methyl sites for hydroxylation is 3. The average molecular weight is 445 g/mol. The van der Waals surface area contributed by atoms with E-state index >= 15 is 0 Å². The third-order valence-corrected chi connectivity index (χ3v) is 7.29. The summed E-state index contributed by atoms with van der Waals surface area (Å²) in [4.78, 5) is 29.0. The highest BCUT2D eigenvalue weighted by Gasteiger charge is 2.45. The van der Waals surface area contributed by atoms with Gasteiger partial charge in [0.2, 0.25) is 5.95 Å². The van der Waals surface area contributed by atoms with Crippen molar-refractivity contribution in [2.24, 2.45) is 11.8 Å². The zero-order chi connectivity index (χ0) is 22.7. The number of fused-ring (bicyclic) bond motifs is 2. The molecule has 1 amide bonds. The summed E-state index contributed by atoms with van der Waals surface area (Å²) < 4.78 is 1.67. The lowest BCUT2D eigenvalue weighted by atomic mass is 10.1. The Labute approximate surface area is 192 Å². The van der Waals surface area contributed by atoms with Crippen LogP contribution in [0.25, 0.3) is 0 Å². The molecule has 2 aliphatic carbocycles. The number of amides is 1. The van der Waals surface area contributed by atoms with Crippen molar-refractivity contribution in [2.75, 3.05) is 18.0 Å². The van der Waals surface area contributed by atoms with Gasteiger partial charge in [-0.25, -0.2) is 14.6 Å². The van der Waals surface area contributed by atoms with Crippen molar-refractivity contribution in [3.8, 4) is 0 Å². The van der Waals surface area contributed by atoms with E-state index < -0.39 is 0 Å². The van der Waals surface area contributed by atoms with Crippen LogP contribution in [0.4, 0.5) is 5.95 Å². The molecule has 2 unspecified atom stereocenters. The average Bonchev–Trinajstić information content (AvgIpc) is 3.16. The monoisotopic (exact) mass is 444 g/mol. The fraction of sp³-hybridized carbons (Fsp3) is 0.500. The van der Waals surface area contributed by atoms with E-state index in [1.54, 1.807) is 10.9 Å². The molecule has 2 fully saturated rings. The molecule has 9 heteroatoms. The van der Waals surface area contributed by atoms with Gasteiger partial charge in [-0.3, -0.25) is 9.78 Å². The summed E-state index contributed by atoms with van der Waals surface area (Å²) in [5.74, 6) is 2.30. The molecule has 33 heavy (non-hydrogen) atoms. The van der Waals surface area contributed by atoms with Crippen LogP contribution in [0.2, 0.25) is 0 Å². The van der Waals surface area contributed by atoms with Crippen molar-refractivity contribution in [2.45, 2.75) is 52.6 Å². The van der Waals surface area contributed by atoms with Crippen LogP contribution in [0.3, 0.4) is 0 Å². The van der Waals surface area contributed by atoms with Crippen molar-refractivity contribution < 1.29 is 4.79 Å². The van der Waals surface area contributed by atoms with Gasteiger partial charge in [-0.15, -0.1) is 5.10 Å². The molecule has 3 aliphatic rings. The van der Waals surface area contributed by atoms with Crippen molar-refractivity contribution in [1.29, 1.82) is 0 Å². The van der Waals surface area contributed by atoms with E-state index in [-0.39, 0.29) is 11.9 Å². The Bertz CT molecular complexity index is 1240. The second kappa shape index (κ2) is 7.60. The maximum atomic E-state index is 12.9. The van der Waals surface area contributed by atoms with Crippen molar-refractivity contribution in [3.63, 3.8) is 0 Å². The lowest BCUT2D eigenvalue weighted by Gasteiger charge is -2.18. The number of carbonyl (C=O) groups is 1. The van der Waals surface area contributed by atoms with Gasteiger partial charge in [0, 0.05) is 41.9 Å². The molecule has 6 rings (SSSR count). The Hall–Kier alpha value is -3.36. The van der Waals surface area contributed by atoms with Gasteiger partial charge in [-0.2, -0.15) is 0 Å².